The van der Waals surface area contributed by atoms with E-state index in [1.54, 1.807) is 6.07 Å². The van der Waals surface area contributed by atoms with E-state index in [0.29, 0.717) is 5.02 Å². The Morgan fingerprint density at radius 2 is 2.11 bits per heavy atom. The summed E-state index contributed by atoms with van der Waals surface area (Å²) in [4.78, 5) is 0. The molecule has 0 fully saturated rings. The molecule has 0 aliphatic heterocycles. The first kappa shape index (κ1) is 14.2. The molecule has 0 bridgehead atoms. The van der Waals surface area contributed by atoms with Crippen LogP contribution in [0.3, 0.4) is 0 Å². The average molecular weight is 298 g/mol. The van der Waals surface area contributed by atoms with Crippen LogP contribution in [0, 0.1) is 0 Å². The molecule has 0 amide bonds. The quantitative estimate of drug-likeness (QED) is 0.913. The van der Waals surface area contributed by atoms with Gasteiger partial charge in [0, 0.05) is 5.02 Å². The maximum Gasteiger partial charge on any atom is 0.158 e. The molecule has 4 nitrogen and oxygen atoms in total. The first-order valence-corrected chi connectivity index (χ1v) is 7.30. The minimum absolute atomic E-state index is 0.0513. The fourth-order valence-electron chi connectivity index (χ4n) is 1.53. The van der Waals surface area contributed by atoms with Crippen LogP contribution in [0.1, 0.15) is 42.4 Å². The summed E-state index contributed by atoms with van der Waals surface area (Å²) in [5.74, 6) is 0.719. The number of hydrogen-bond donors (Lipinski definition) is 1. The number of benzene rings is 1. The normalized spacial score (nSPS) is 14.1. The van der Waals surface area contributed by atoms with Crippen LogP contribution in [0.25, 0.3) is 0 Å². The highest BCUT2D eigenvalue weighted by Gasteiger charge is 2.16. The van der Waals surface area contributed by atoms with E-state index in [0.717, 1.165) is 22.2 Å². The molecule has 102 valence electrons. The zero-order valence-electron chi connectivity index (χ0n) is 10.8. The standard InChI is InChI=1S/C13H16ClN3OS/c1-3-11(15)13-17-16-12(19-13)8(2)18-10-6-4-5-9(14)7-10/h4-8,11H,3,15H2,1-2H3. The predicted molar refractivity (Wildman–Crippen MR) is 77.6 cm³/mol. The van der Waals surface area contributed by atoms with Crippen molar-refractivity contribution < 1.29 is 4.74 Å². The minimum Gasteiger partial charge on any atom is -0.483 e. The predicted octanol–water partition coefficient (Wildman–Crippen LogP) is 3.74. The van der Waals surface area contributed by atoms with Gasteiger partial charge in [0.1, 0.15) is 16.9 Å². The van der Waals surface area contributed by atoms with Gasteiger partial charge < -0.3 is 10.5 Å². The summed E-state index contributed by atoms with van der Waals surface area (Å²) in [7, 11) is 0. The van der Waals surface area contributed by atoms with E-state index in [1.807, 2.05) is 32.0 Å². The summed E-state index contributed by atoms with van der Waals surface area (Å²) >= 11 is 7.41. The maximum absolute atomic E-state index is 5.93. The van der Waals surface area contributed by atoms with Crippen molar-refractivity contribution in [3.8, 4) is 5.75 Å². The van der Waals surface area contributed by atoms with Crippen LogP contribution in [0.2, 0.25) is 5.02 Å². The second-order valence-electron chi connectivity index (χ2n) is 4.21. The van der Waals surface area contributed by atoms with Gasteiger partial charge in [-0.2, -0.15) is 0 Å². The van der Waals surface area contributed by atoms with Gasteiger partial charge in [-0.15, -0.1) is 10.2 Å². The zero-order chi connectivity index (χ0) is 13.8. The van der Waals surface area contributed by atoms with Crippen molar-refractivity contribution in [1.29, 1.82) is 0 Å². The van der Waals surface area contributed by atoms with Crippen LogP contribution in [0.15, 0.2) is 24.3 Å². The van der Waals surface area contributed by atoms with Gasteiger partial charge in [0.15, 0.2) is 5.01 Å². The maximum atomic E-state index is 5.93. The third-order valence-corrected chi connectivity index (χ3v) is 4.12. The van der Waals surface area contributed by atoms with Gasteiger partial charge in [0.05, 0.1) is 6.04 Å². The Hall–Kier alpha value is -1.17. The third-order valence-electron chi connectivity index (χ3n) is 2.67. The van der Waals surface area contributed by atoms with E-state index < -0.39 is 0 Å². The van der Waals surface area contributed by atoms with E-state index >= 15 is 0 Å². The van der Waals surface area contributed by atoms with Gasteiger partial charge in [0.25, 0.3) is 0 Å². The first-order chi connectivity index (χ1) is 9.10. The molecule has 2 unspecified atom stereocenters. The van der Waals surface area contributed by atoms with Crippen LogP contribution < -0.4 is 10.5 Å². The molecule has 19 heavy (non-hydrogen) atoms. The van der Waals surface area contributed by atoms with E-state index in [9.17, 15) is 0 Å². The highest BCUT2D eigenvalue weighted by Crippen LogP contribution is 2.27. The first-order valence-electron chi connectivity index (χ1n) is 6.11. The van der Waals surface area contributed by atoms with Gasteiger partial charge in [0.2, 0.25) is 0 Å². The monoisotopic (exact) mass is 297 g/mol. The fraction of sp³-hybridized carbons (Fsp3) is 0.385. The fourth-order valence-corrected chi connectivity index (χ4v) is 2.62. The molecular weight excluding hydrogens is 282 g/mol. The lowest BCUT2D eigenvalue weighted by Gasteiger charge is -2.11. The molecule has 0 saturated carbocycles. The molecule has 2 aromatic rings. The van der Waals surface area contributed by atoms with Crippen LogP contribution >= 0.6 is 22.9 Å². The number of rotatable bonds is 5. The Kier molecular flexibility index (Phi) is 4.74. The van der Waals surface area contributed by atoms with Gasteiger partial charge >= 0.3 is 0 Å². The molecule has 0 saturated heterocycles. The topological polar surface area (TPSA) is 61.0 Å². The minimum atomic E-state index is -0.172. The van der Waals surface area contributed by atoms with Crippen molar-refractivity contribution in [2.75, 3.05) is 0 Å². The van der Waals surface area contributed by atoms with Crippen molar-refractivity contribution in [2.24, 2.45) is 5.73 Å². The van der Waals surface area contributed by atoms with E-state index in [2.05, 4.69) is 10.2 Å². The smallest absolute Gasteiger partial charge is 0.158 e. The second-order valence-corrected chi connectivity index (χ2v) is 5.69. The third kappa shape index (κ3) is 3.65. The number of hydrogen-bond acceptors (Lipinski definition) is 5. The SMILES string of the molecule is CCC(N)c1nnc(C(C)Oc2cccc(Cl)c2)s1. The van der Waals surface area contributed by atoms with E-state index in [1.165, 1.54) is 11.3 Å². The molecule has 0 spiro atoms. The zero-order valence-corrected chi connectivity index (χ0v) is 12.4. The van der Waals surface area contributed by atoms with Crippen molar-refractivity contribution in [1.82, 2.24) is 10.2 Å². The molecule has 2 rings (SSSR count). The summed E-state index contributed by atoms with van der Waals surface area (Å²) in [6.07, 6.45) is 0.673. The van der Waals surface area contributed by atoms with Crippen LogP contribution in [0.5, 0.6) is 5.75 Å². The van der Waals surface area contributed by atoms with Crippen LogP contribution in [-0.2, 0) is 0 Å². The molecule has 1 heterocycles. The number of ether oxygens (including phenoxy) is 1. The second kappa shape index (κ2) is 6.32. The van der Waals surface area contributed by atoms with Crippen molar-refractivity contribution >= 4 is 22.9 Å². The van der Waals surface area contributed by atoms with Crippen LogP contribution in [-0.4, -0.2) is 10.2 Å². The van der Waals surface area contributed by atoms with Crippen molar-refractivity contribution in [3.05, 3.63) is 39.3 Å². The Morgan fingerprint density at radius 3 is 2.79 bits per heavy atom. The molecule has 6 heteroatoms. The Balaban J connectivity index is 2.07. The number of halogens is 1. The lowest BCUT2D eigenvalue weighted by Crippen LogP contribution is -2.07. The largest absolute Gasteiger partial charge is 0.483 e. The van der Waals surface area contributed by atoms with E-state index in [-0.39, 0.29) is 12.1 Å². The molecule has 0 radical (unpaired) electrons. The van der Waals surface area contributed by atoms with Crippen molar-refractivity contribution in [3.63, 3.8) is 0 Å². The molecule has 0 aliphatic carbocycles. The number of nitrogens with two attached hydrogens (primary N) is 1. The van der Waals surface area contributed by atoms with Gasteiger partial charge in [-0.05, 0) is 31.5 Å². The summed E-state index contributed by atoms with van der Waals surface area (Å²) in [6, 6.07) is 7.25. The molecule has 2 atom stereocenters. The number of nitrogens with zero attached hydrogens (tertiary/aromatic N) is 2. The summed E-state index contributed by atoms with van der Waals surface area (Å²) in [5.41, 5.74) is 5.93. The highest BCUT2D eigenvalue weighted by atomic mass is 35.5. The summed E-state index contributed by atoms with van der Waals surface area (Å²) in [6.45, 7) is 3.96. The lowest BCUT2D eigenvalue weighted by atomic mass is 10.3. The van der Waals surface area contributed by atoms with Gasteiger partial charge in [-0.3, -0.25) is 0 Å². The highest BCUT2D eigenvalue weighted by molar-refractivity contribution is 7.11. The molecule has 0 aliphatic rings. The summed E-state index contributed by atoms with van der Waals surface area (Å²) < 4.78 is 5.79. The Labute approximate surface area is 121 Å². The van der Waals surface area contributed by atoms with Gasteiger partial charge in [-0.1, -0.05) is 35.9 Å². The van der Waals surface area contributed by atoms with Crippen LogP contribution in [0.4, 0.5) is 0 Å². The number of aromatic nitrogens is 2. The molecule has 1 aromatic carbocycles. The Bertz CT molecular complexity index is 546. The molecule has 2 N–H and O–H groups in total. The molecular formula is C13H16ClN3OS. The lowest BCUT2D eigenvalue weighted by molar-refractivity contribution is 0.225. The van der Waals surface area contributed by atoms with E-state index in [4.69, 9.17) is 22.1 Å². The summed E-state index contributed by atoms with van der Waals surface area (Å²) in [5, 5.41) is 10.6. The Morgan fingerprint density at radius 1 is 1.37 bits per heavy atom. The molecule has 1 aromatic heterocycles. The van der Waals surface area contributed by atoms with Gasteiger partial charge in [-0.25, -0.2) is 0 Å². The average Bonchev–Trinajstić information content (AvgIpc) is 2.87. The van der Waals surface area contributed by atoms with Crippen molar-refractivity contribution in [2.45, 2.75) is 32.4 Å².